The van der Waals surface area contributed by atoms with Crippen molar-refractivity contribution in [1.82, 2.24) is 0 Å². The van der Waals surface area contributed by atoms with Gasteiger partial charge in [0.05, 0.1) is 20.3 Å². The van der Waals surface area contributed by atoms with Crippen LogP contribution in [0.1, 0.15) is 37.5 Å². The number of hydrogen-bond acceptors (Lipinski definition) is 3. The lowest BCUT2D eigenvalue weighted by Gasteiger charge is -2.25. The first-order valence-corrected chi connectivity index (χ1v) is 10.1. The Balaban J connectivity index is 1.58. The van der Waals surface area contributed by atoms with Crippen molar-refractivity contribution >= 4 is 0 Å². The Morgan fingerprint density at radius 3 is 2.10 bits per heavy atom. The molecule has 0 atom stereocenters. The predicted molar refractivity (Wildman–Crippen MR) is 118 cm³/mol. The highest BCUT2D eigenvalue weighted by atomic mass is 16.5. The van der Waals surface area contributed by atoms with Crippen molar-refractivity contribution in [1.29, 1.82) is 0 Å². The van der Waals surface area contributed by atoms with Crippen LogP contribution < -0.4 is 9.47 Å². The Morgan fingerprint density at radius 1 is 0.759 bits per heavy atom. The molecule has 0 bridgehead atoms. The van der Waals surface area contributed by atoms with Crippen LogP contribution in [0.3, 0.4) is 0 Å². The molecular weight excluding hydrogens is 360 g/mol. The SMILES string of the molecule is CCc1ccc(C(C)(C)COCc2cccc(Oc3cccc(OC)c3)c2)cc1. The minimum atomic E-state index is -0.0407. The van der Waals surface area contributed by atoms with Crippen LogP contribution in [0.2, 0.25) is 0 Å². The van der Waals surface area contributed by atoms with E-state index in [-0.39, 0.29) is 5.41 Å². The van der Waals surface area contributed by atoms with E-state index in [2.05, 4.69) is 51.1 Å². The van der Waals surface area contributed by atoms with E-state index < -0.39 is 0 Å². The Bertz CT molecular complexity index is 913. The molecule has 29 heavy (non-hydrogen) atoms. The summed E-state index contributed by atoms with van der Waals surface area (Å²) in [7, 11) is 1.65. The van der Waals surface area contributed by atoms with Crippen LogP contribution in [0.15, 0.2) is 72.8 Å². The summed E-state index contributed by atoms with van der Waals surface area (Å²) < 4.78 is 17.3. The second-order valence-electron chi connectivity index (χ2n) is 7.86. The zero-order chi connectivity index (χ0) is 20.7. The number of aryl methyl sites for hydroxylation is 1. The molecule has 3 aromatic carbocycles. The maximum atomic E-state index is 6.06. The Hall–Kier alpha value is -2.78. The lowest BCUT2D eigenvalue weighted by atomic mass is 9.85. The molecule has 3 nitrogen and oxygen atoms in total. The van der Waals surface area contributed by atoms with Crippen molar-refractivity contribution in [2.45, 2.75) is 39.2 Å². The van der Waals surface area contributed by atoms with Crippen LogP contribution in [0.5, 0.6) is 17.2 Å². The first-order chi connectivity index (χ1) is 14.0. The Morgan fingerprint density at radius 2 is 1.41 bits per heavy atom. The molecule has 0 unspecified atom stereocenters. The third-order valence-corrected chi connectivity index (χ3v) is 5.05. The molecule has 0 aliphatic rings. The number of methoxy groups -OCH3 is 1. The summed E-state index contributed by atoms with van der Waals surface area (Å²) in [5.74, 6) is 2.31. The predicted octanol–water partition coefficient (Wildman–Crippen LogP) is 6.54. The summed E-state index contributed by atoms with van der Waals surface area (Å²) in [6, 6.07) is 24.4. The largest absolute Gasteiger partial charge is 0.497 e. The van der Waals surface area contributed by atoms with Gasteiger partial charge in [-0.3, -0.25) is 0 Å². The quantitative estimate of drug-likeness (QED) is 0.415. The van der Waals surface area contributed by atoms with Crippen LogP contribution in [0, 0.1) is 0 Å². The van der Waals surface area contributed by atoms with Gasteiger partial charge in [-0.05, 0) is 47.4 Å². The van der Waals surface area contributed by atoms with Crippen LogP contribution in [0.25, 0.3) is 0 Å². The molecule has 0 heterocycles. The van der Waals surface area contributed by atoms with E-state index in [9.17, 15) is 0 Å². The molecule has 0 radical (unpaired) electrons. The Kier molecular flexibility index (Phi) is 6.95. The fourth-order valence-electron chi connectivity index (χ4n) is 3.20. The summed E-state index contributed by atoms with van der Waals surface area (Å²) in [5, 5.41) is 0. The number of benzene rings is 3. The van der Waals surface area contributed by atoms with Crippen molar-refractivity contribution in [3.63, 3.8) is 0 Å². The molecule has 152 valence electrons. The van der Waals surface area contributed by atoms with Gasteiger partial charge in [-0.25, -0.2) is 0 Å². The van der Waals surface area contributed by atoms with E-state index in [1.165, 1.54) is 11.1 Å². The van der Waals surface area contributed by atoms with Gasteiger partial charge in [-0.1, -0.05) is 63.2 Å². The second-order valence-corrected chi connectivity index (χ2v) is 7.86. The summed E-state index contributed by atoms with van der Waals surface area (Å²) in [5.41, 5.74) is 3.70. The number of hydrogen-bond donors (Lipinski definition) is 0. The molecule has 3 aromatic rings. The van der Waals surface area contributed by atoms with Crippen molar-refractivity contribution in [3.05, 3.63) is 89.5 Å². The summed E-state index contributed by atoms with van der Waals surface area (Å²) >= 11 is 0. The van der Waals surface area contributed by atoms with E-state index in [1.807, 2.05) is 42.5 Å². The van der Waals surface area contributed by atoms with Crippen molar-refractivity contribution in [2.75, 3.05) is 13.7 Å². The first-order valence-electron chi connectivity index (χ1n) is 10.1. The third-order valence-electron chi connectivity index (χ3n) is 5.05. The van der Waals surface area contributed by atoms with Gasteiger partial charge >= 0.3 is 0 Å². The molecule has 0 aliphatic heterocycles. The minimum absolute atomic E-state index is 0.0407. The van der Waals surface area contributed by atoms with E-state index >= 15 is 0 Å². The van der Waals surface area contributed by atoms with Gasteiger partial charge < -0.3 is 14.2 Å². The highest BCUT2D eigenvalue weighted by Crippen LogP contribution is 2.27. The van der Waals surface area contributed by atoms with Gasteiger partial charge in [0.2, 0.25) is 0 Å². The maximum absolute atomic E-state index is 6.06. The van der Waals surface area contributed by atoms with Gasteiger partial charge in [0, 0.05) is 11.5 Å². The van der Waals surface area contributed by atoms with Crippen molar-refractivity contribution in [2.24, 2.45) is 0 Å². The molecule has 0 amide bonds. The number of ether oxygens (including phenoxy) is 3. The van der Waals surface area contributed by atoms with Gasteiger partial charge in [0.15, 0.2) is 0 Å². The van der Waals surface area contributed by atoms with E-state index in [0.29, 0.717) is 13.2 Å². The maximum Gasteiger partial charge on any atom is 0.131 e. The average Bonchev–Trinajstić information content (AvgIpc) is 2.74. The Labute approximate surface area is 174 Å². The zero-order valence-electron chi connectivity index (χ0n) is 17.8. The highest BCUT2D eigenvalue weighted by Gasteiger charge is 2.20. The van der Waals surface area contributed by atoms with E-state index in [0.717, 1.165) is 29.2 Å². The van der Waals surface area contributed by atoms with Crippen LogP contribution in [-0.2, 0) is 23.2 Å². The van der Waals surface area contributed by atoms with E-state index in [1.54, 1.807) is 7.11 Å². The number of rotatable bonds is 9. The molecule has 0 aromatic heterocycles. The molecule has 3 rings (SSSR count). The standard InChI is InChI=1S/C26H30O3/c1-5-20-12-14-22(15-13-20)26(2,3)19-28-18-21-8-6-10-24(16-21)29-25-11-7-9-23(17-25)27-4/h6-17H,5,18-19H2,1-4H3. The van der Waals surface area contributed by atoms with Gasteiger partial charge in [0.25, 0.3) is 0 Å². The second kappa shape index (κ2) is 9.62. The summed E-state index contributed by atoms with van der Waals surface area (Å²) in [6.07, 6.45) is 1.06. The molecule has 0 saturated carbocycles. The lowest BCUT2D eigenvalue weighted by molar-refractivity contribution is 0.0824. The molecule has 0 spiro atoms. The molecular formula is C26H30O3. The summed E-state index contributed by atoms with van der Waals surface area (Å²) in [6.45, 7) is 7.81. The molecule has 0 fully saturated rings. The molecule has 0 N–H and O–H groups in total. The smallest absolute Gasteiger partial charge is 0.131 e. The normalized spacial score (nSPS) is 11.3. The van der Waals surface area contributed by atoms with E-state index in [4.69, 9.17) is 14.2 Å². The fraction of sp³-hybridized carbons (Fsp3) is 0.308. The first kappa shape index (κ1) is 20.9. The molecule has 0 saturated heterocycles. The van der Waals surface area contributed by atoms with Crippen LogP contribution in [0.4, 0.5) is 0 Å². The zero-order valence-corrected chi connectivity index (χ0v) is 17.8. The van der Waals surface area contributed by atoms with Crippen molar-refractivity contribution in [3.8, 4) is 17.2 Å². The topological polar surface area (TPSA) is 27.7 Å². The van der Waals surface area contributed by atoms with Crippen LogP contribution in [-0.4, -0.2) is 13.7 Å². The highest BCUT2D eigenvalue weighted by molar-refractivity contribution is 5.38. The fourth-order valence-corrected chi connectivity index (χ4v) is 3.20. The molecule has 0 aliphatic carbocycles. The van der Waals surface area contributed by atoms with Gasteiger partial charge in [-0.15, -0.1) is 0 Å². The van der Waals surface area contributed by atoms with Crippen LogP contribution >= 0.6 is 0 Å². The lowest BCUT2D eigenvalue weighted by Crippen LogP contribution is -2.24. The average molecular weight is 391 g/mol. The molecule has 3 heteroatoms. The third kappa shape index (κ3) is 5.85. The monoisotopic (exact) mass is 390 g/mol. The van der Waals surface area contributed by atoms with Gasteiger partial charge in [-0.2, -0.15) is 0 Å². The van der Waals surface area contributed by atoms with Crippen molar-refractivity contribution < 1.29 is 14.2 Å². The minimum Gasteiger partial charge on any atom is -0.497 e. The van der Waals surface area contributed by atoms with Gasteiger partial charge in [0.1, 0.15) is 17.2 Å². The summed E-state index contributed by atoms with van der Waals surface area (Å²) in [4.78, 5) is 0.